The van der Waals surface area contributed by atoms with Crippen molar-refractivity contribution in [3.8, 4) is 0 Å². The maximum Gasteiger partial charge on any atom is 0.254 e. The highest BCUT2D eigenvalue weighted by Gasteiger charge is 2.71. The van der Waals surface area contributed by atoms with Crippen LogP contribution in [0.1, 0.15) is 47.5 Å². The van der Waals surface area contributed by atoms with Crippen molar-refractivity contribution >= 4 is 17.5 Å². The highest BCUT2D eigenvalue weighted by molar-refractivity contribution is 8.05. The van der Waals surface area contributed by atoms with Crippen molar-refractivity contribution in [2.75, 3.05) is 0 Å². The topological polar surface area (TPSA) is 29.1 Å². The van der Waals surface area contributed by atoms with Crippen molar-refractivity contribution in [1.82, 2.24) is 5.32 Å². The predicted octanol–water partition coefficient (Wildman–Crippen LogP) is 4.22. The van der Waals surface area contributed by atoms with Gasteiger partial charge in [-0.3, -0.25) is 4.79 Å². The lowest BCUT2D eigenvalue weighted by molar-refractivity contribution is -0.119. The van der Waals surface area contributed by atoms with Crippen molar-refractivity contribution in [2.45, 2.75) is 64.2 Å². The monoisotopic (exact) mass is 317 g/mol. The summed E-state index contributed by atoms with van der Waals surface area (Å²) in [6.45, 7) is 9.56. The van der Waals surface area contributed by atoms with Gasteiger partial charge >= 0.3 is 0 Å². The number of halogens is 2. The average Bonchev–Trinajstić information content (AvgIpc) is 2.78. The summed E-state index contributed by atoms with van der Waals surface area (Å²) in [7, 11) is 0. The molecular weight excluding hydrogens is 292 g/mol. The van der Waals surface area contributed by atoms with Gasteiger partial charge in [-0.1, -0.05) is 31.7 Å². The SMILES string of the molecule is CC=C(NC1CC2C(C1)C2(F)F)SC(C)(C(C)=O)C(C)C. The fraction of sp³-hybridized carbons (Fsp3) is 0.812. The molecule has 2 nitrogen and oxygen atoms in total. The van der Waals surface area contributed by atoms with E-state index in [1.165, 1.54) is 11.8 Å². The van der Waals surface area contributed by atoms with Crippen LogP contribution < -0.4 is 5.32 Å². The third-order valence-electron chi connectivity index (χ3n) is 5.17. The van der Waals surface area contributed by atoms with Crippen molar-refractivity contribution in [1.29, 1.82) is 0 Å². The zero-order chi connectivity index (χ0) is 16.0. The first-order chi connectivity index (χ1) is 9.62. The number of nitrogens with one attached hydrogen (secondary N) is 1. The number of alkyl halides is 2. The number of ketones is 1. The van der Waals surface area contributed by atoms with E-state index < -0.39 is 22.5 Å². The lowest BCUT2D eigenvalue weighted by atomic mass is 9.93. The van der Waals surface area contributed by atoms with E-state index >= 15 is 0 Å². The largest absolute Gasteiger partial charge is 0.377 e. The molecule has 120 valence electrons. The molecule has 0 amide bonds. The molecule has 3 atom stereocenters. The Kier molecular flexibility index (Phi) is 4.45. The zero-order valence-electron chi connectivity index (χ0n) is 13.4. The number of allylic oxidation sites excluding steroid dienone is 1. The van der Waals surface area contributed by atoms with E-state index in [-0.39, 0.29) is 17.7 Å². The number of thioether (sulfide) groups is 1. The van der Waals surface area contributed by atoms with Crippen molar-refractivity contribution in [3.05, 3.63) is 11.1 Å². The van der Waals surface area contributed by atoms with Crippen molar-refractivity contribution in [3.63, 3.8) is 0 Å². The van der Waals surface area contributed by atoms with Gasteiger partial charge in [-0.25, -0.2) is 8.78 Å². The van der Waals surface area contributed by atoms with Crippen molar-refractivity contribution in [2.24, 2.45) is 17.8 Å². The smallest absolute Gasteiger partial charge is 0.254 e. The molecule has 0 bridgehead atoms. The van der Waals surface area contributed by atoms with Crippen LogP contribution in [0, 0.1) is 17.8 Å². The number of hydrogen-bond donors (Lipinski definition) is 1. The molecular formula is C16H25F2NOS. The molecule has 5 heteroatoms. The van der Waals surface area contributed by atoms with Gasteiger partial charge in [-0.05, 0) is 39.5 Å². The Bertz CT molecular complexity index is 449. The minimum Gasteiger partial charge on any atom is -0.377 e. The van der Waals surface area contributed by atoms with Crippen LogP contribution in [-0.4, -0.2) is 22.5 Å². The number of Topliss-reactive ketones (excluding diaryl/α,β-unsaturated/α-hetero) is 1. The van der Waals surface area contributed by atoms with E-state index in [0.717, 1.165) is 5.03 Å². The third kappa shape index (κ3) is 2.99. The van der Waals surface area contributed by atoms with E-state index in [2.05, 4.69) is 5.32 Å². The first-order valence-electron chi connectivity index (χ1n) is 7.63. The Balaban J connectivity index is 1.95. The normalized spacial score (nSPS) is 33.5. The summed E-state index contributed by atoms with van der Waals surface area (Å²) < 4.78 is 26.0. The Morgan fingerprint density at radius 2 is 1.90 bits per heavy atom. The van der Waals surface area contributed by atoms with E-state index in [1.807, 2.05) is 33.8 Å². The second kappa shape index (κ2) is 5.56. The van der Waals surface area contributed by atoms with Crippen LogP contribution in [0.2, 0.25) is 0 Å². The fourth-order valence-corrected chi connectivity index (χ4v) is 4.31. The zero-order valence-corrected chi connectivity index (χ0v) is 14.2. The van der Waals surface area contributed by atoms with Crippen LogP contribution >= 0.6 is 11.8 Å². The Labute approximate surface area is 130 Å². The molecule has 0 aromatic rings. The van der Waals surface area contributed by atoms with Crippen molar-refractivity contribution < 1.29 is 13.6 Å². The summed E-state index contributed by atoms with van der Waals surface area (Å²) in [5.74, 6) is -2.93. The standard InChI is InChI=1S/C16H25F2NOS/c1-6-14(21-15(5,9(2)3)10(4)20)19-11-7-12-13(8-11)16(12,17)18/h6,9,11-13,19H,7-8H2,1-5H3. The molecule has 2 saturated carbocycles. The second-order valence-electron chi connectivity index (χ2n) is 6.77. The molecule has 2 rings (SSSR count). The highest BCUT2D eigenvalue weighted by atomic mass is 32.2. The molecule has 2 fully saturated rings. The average molecular weight is 317 g/mol. The van der Waals surface area contributed by atoms with Crippen LogP contribution in [0.15, 0.2) is 11.1 Å². The summed E-state index contributed by atoms with van der Waals surface area (Å²) in [6.07, 6.45) is 3.01. The molecule has 0 aromatic heterocycles. The lowest BCUT2D eigenvalue weighted by Crippen LogP contribution is -2.38. The van der Waals surface area contributed by atoms with Gasteiger partial charge in [0.2, 0.25) is 0 Å². The predicted molar refractivity (Wildman–Crippen MR) is 83.4 cm³/mol. The number of rotatable bonds is 6. The molecule has 0 heterocycles. The molecule has 3 unspecified atom stereocenters. The van der Waals surface area contributed by atoms with E-state index in [4.69, 9.17) is 0 Å². The van der Waals surface area contributed by atoms with Gasteiger partial charge in [-0.2, -0.15) is 0 Å². The summed E-state index contributed by atoms with van der Waals surface area (Å²) >= 11 is 1.52. The van der Waals surface area contributed by atoms with E-state index in [1.54, 1.807) is 6.92 Å². The number of carbonyl (C=O) groups excluding carboxylic acids is 1. The Hall–Kier alpha value is -0.580. The number of fused-ring (bicyclic) bond motifs is 1. The van der Waals surface area contributed by atoms with Gasteiger partial charge in [0.15, 0.2) is 0 Å². The summed E-state index contributed by atoms with van der Waals surface area (Å²) in [5.41, 5.74) is 0. The Morgan fingerprint density at radius 1 is 1.38 bits per heavy atom. The third-order valence-corrected chi connectivity index (χ3v) is 6.93. The number of hydrogen-bond acceptors (Lipinski definition) is 3. The van der Waals surface area contributed by atoms with E-state index in [0.29, 0.717) is 12.8 Å². The minimum absolute atomic E-state index is 0.113. The van der Waals surface area contributed by atoms with Gasteiger partial charge in [0, 0.05) is 17.9 Å². The van der Waals surface area contributed by atoms with Gasteiger partial charge in [0.25, 0.3) is 5.92 Å². The summed E-state index contributed by atoms with van der Waals surface area (Å²) in [4.78, 5) is 12.0. The van der Waals surface area contributed by atoms with Gasteiger partial charge < -0.3 is 5.32 Å². The fourth-order valence-electron chi connectivity index (χ4n) is 3.13. The quantitative estimate of drug-likeness (QED) is 0.795. The van der Waals surface area contributed by atoms with Gasteiger partial charge in [-0.15, -0.1) is 0 Å². The van der Waals surface area contributed by atoms with Crippen LogP contribution in [0.25, 0.3) is 0 Å². The molecule has 1 N–H and O–H groups in total. The van der Waals surface area contributed by atoms with Gasteiger partial charge in [0.05, 0.1) is 9.78 Å². The van der Waals surface area contributed by atoms with Crippen LogP contribution in [0.5, 0.6) is 0 Å². The molecule has 2 aliphatic rings. The molecule has 21 heavy (non-hydrogen) atoms. The molecule has 0 spiro atoms. The molecule has 0 aliphatic heterocycles. The first kappa shape index (κ1) is 16.8. The maximum absolute atomic E-state index is 13.2. The summed E-state index contributed by atoms with van der Waals surface area (Å²) in [5, 5.41) is 4.30. The summed E-state index contributed by atoms with van der Waals surface area (Å²) in [6, 6.07) is 0.113. The van der Waals surface area contributed by atoms with Crippen LogP contribution in [-0.2, 0) is 4.79 Å². The minimum atomic E-state index is -2.42. The van der Waals surface area contributed by atoms with E-state index in [9.17, 15) is 13.6 Å². The Morgan fingerprint density at radius 3 is 2.29 bits per heavy atom. The number of carbonyl (C=O) groups is 1. The molecule has 0 aromatic carbocycles. The molecule has 2 aliphatic carbocycles. The highest BCUT2D eigenvalue weighted by Crippen LogP contribution is 2.64. The van der Waals surface area contributed by atoms with Gasteiger partial charge in [0.1, 0.15) is 5.78 Å². The maximum atomic E-state index is 13.2. The molecule has 0 radical (unpaired) electrons. The first-order valence-corrected chi connectivity index (χ1v) is 8.45. The van der Waals surface area contributed by atoms with Crippen LogP contribution in [0.4, 0.5) is 8.78 Å². The van der Waals surface area contributed by atoms with Crippen LogP contribution in [0.3, 0.4) is 0 Å². The lowest BCUT2D eigenvalue weighted by Gasteiger charge is -2.32. The second-order valence-corrected chi connectivity index (χ2v) is 8.27. The molecule has 0 saturated heterocycles.